The number of nitrogens with two attached hydrogens (primary N) is 1. The van der Waals surface area contributed by atoms with E-state index in [0.717, 1.165) is 16.8 Å². The van der Waals surface area contributed by atoms with E-state index in [1.54, 1.807) is 0 Å². The molecule has 1 heterocycles. The molecular weight excluding hydrogens is 226 g/mol. The van der Waals surface area contributed by atoms with Gasteiger partial charge in [-0.2, -0.15) is 0 Å². The van der Waals surface area contributed by atoms with Gasteiger partial charge in [-0.25, -0.2) is 0 Å². The number of ether oxygens (including phenoxy) is 2. The molecule has 1 aliphatic rings. The van der Waals surface area contributed by atoms with Crippen LogP contribution in [0.1, 0.15) is 23.5 Å². The van der Waals surface area contributed by atoms with Crippen molar-refractivity contribution in [3.63, 3.8) is 0 Å². The third-order valence-electron chi connectivity index (χ3n) is 3.10. The highest BCUT2D eigenvalue weighted by Gasteiger charge is 2.29. The van der Waals surface area contributed by atoms with Gasteiger partial charge in [0, 0.05) is 16.8 Å². The lowest BCUT2D eigenvalue weighted by Gasteiger charge is -2.13. The minimum Gasteiger partial charge on any atom is -0.398 e. The number of nitrogen functional groups attached to an aromatic ring is 1. The van der Waals surface area contributed by atoms with Crippen LogP contribution in [0.3, 0.4) is 0 Å². The lowest BCUT2D eigenvalue weighted by atomic mass is 10.1. The molecule has 2 atom stereocenters. The molecule has 0 saturated carbocycles. The number of anilines is 1. The summed E-state index contributed by atoms with van der Waals surface area (Å²) >= 11 is 0. The van der Waals surface area contributed by atoms with Crippen LogP contribution in [-0.2, 0) is 9.47 Å². The molecule has 0 amide bonds. The van der Waals surface area contributed by atoms with Crippen molar-refractivity contribution in [3.05, 3.63) is 65.7 Å². The van der Waals surface area contributed by atoms with Crippen LogP contribution in [0.4, 0.5) is 5.69 Å². The van der Waals surface area contributed by atoms with Crippen LogP contribution in [0, 0.1) is 0 Å². The van der Waals surface area contributed by atoms with Gasteiger partial charge in [0.15, 0.2) is 6.29 Å². The van der Waals surface area contributed by atoms with Gasteiger partial charge in [-0.15, -0.1) is 0 Å². The van der Waals surface area contributed by atoms with Crippen molar-refractivity contribution in [3.8, 4) is 0 Å². The van der Waals surface area contributed by atoms with Crippen molar-refractivity contribution >= 4 is 5.69 Å². The van der Waals surface area contributed by atoms with Gasteiger partial charge in [0.2, 0.25) is 0 Å². The summed E-state index contributed by atoms with van der Waals surface area (Å²) in [5, 5.41) is 0. The molecule has 0 bridgehead atoms. The maximum Gasteiger partial charge on any atom is 0.184 e. The molecule has 0 aromatic heterocycles. The molecule has 1 aliphatic heterocycles. The zero-order valence-corrected chi connectivity index (χ0v) is 9.95. The average Bonchev–Trinajstić information content (AvgIpc) is 2.90. The second-order valence-corrected chi connectivity index (χ2v) is 4.33. The fourth-order valence-electron chi connectivity index (χ4n) is 2.15. The smallest absolute Gasteiger partial charge is 0.184 e. The number of hydrogen-bond donors (Lipinski definition) is 1. The highest BCUT2D eigenvalue weighted by molar-refractivity contribution is 5.47. The standard InChI is InChI=1S/C15H15NO2/c16-13-9-5-4-8-12(13)14-10-17-15(18-14)11-6-2-1-3-7-11/h1-9,14-15H,10,16H2. The Morgan fingerprint density at radius 1 is 0.944 bits per heavy atom. The summed E-state index contributed by atoms with van der Waals surface area (Å²) < 4.78 is 11.6. The van der Waals surface area contributed by atoms with Crippen molar-refractivity contribution in [1.29, 1.82) is 0 Å². The monoisotopic (exact) mass is 241 g/mol. The first-order valence-electron chi connectivity index (χ1n) is 6.01. The molecule has 1 saturated heterocycles. The molecule has 2 unspecified atom stereocenters. The molecule has 0 aliphatic carbocycles. The Morgan fingerprint density at radius 3 is 2.44 bits per heavy atom. The molecule has 2 aromatic carbocycles. The molecule has 3 nitrogen and oxygen atoms in total. The number of benzene rings is 2. The molecule has 3 rings (SSSR count). The van der Waals surface area contributed by atoms with E-state index in [1.807, 2.05) is 54.6 Å². The molecule has 3 heteroatoms. The van der Waals surface area contributed by atoms with Gasteiger partial charge >= 0.3 is 0 Å². The Labute approximate surface area is 106 Å². The highest BCUT2D eigenvalue weighted by Crippen LogP contribution is 2.36. The molecule has 0 radical (unpaired) electrons. The molecule has 0 spiro atoms. The van der Waals surface area contributed by atoms with Crippen LogP contribution in [0.5, 0.6) is 0 Å². The van der Waals surface area contributed by atoms with Gasteiger partial charge in [0.1, 0.15) is 6.10 Å². The van der Waals surface area contributed by atoms with Gasteiger partial charge in [0.05, 0.1) is 6.61 Å². The first-order valence-corrected chi connectivity index (χ1v) is 6.01. The number of para-hydroxylation sites is 1. The van der Waals surface area contributed by atoms with Gasteiger partial charge in [-0.1, -0.05) is 48.5 Å². The lowest BCUT2D eigenvalue weighted by molar-refractivity contribution is -0.0606. The summed E-state index contributed by atoms with van der Waals surface area (Å²) in [5.41, 5.74) is 8.73. The van der Waals surface area contributed by atoms with Crippen LogP contribution in [0.25, 0.3) is 0 Å². The zero-order chi connectivity index (χ0) is 12.4. The Balaban J connectivity index is 1.78. The van der Waals surface area contributed by atoms with Crippen molar-refractivity contribution in [2.45, 2.75) is 12.4 Å². The molecule has 2 aromatic rings. The summed E-state index contributed by atoms with van der Waals surface area (Å²) in [6, 6.07) is 17.7. The average molecular weight is 241 g/mol. The third kappa shape index (κ3) is 2.10. The summed E-state index contributed by atoms with van der Waals surface area (Å²) in [6.07, 6.45) is -0.382. The normalized spacial score (nSPS) is 23.1. The Bertz CT molecular complexity index is 527. The summed E-state index contributed by atoms with van der Waals surface area (Å²) in [6.45, 7) is 0.535. The van der Waals surface area contributed by atoms with Crippen molar-refractivity contribution in [1.82, 2.24) is 0 Å². The quantitative estimate of drug-likeness (QED) is 0.822. The summed E-state index contributed by atoms with van der Waals surface area (Å²) in [5.74, 6) is 0. The number of rotatable bonds is 2. The van der Waals surface area contributed by atoms with Crippen LogP contribution in [0.2, 0.25) is 0 Å². The van der Waals surface area contributed by atoms with E-state index in [1.165, 1.54) is 0 Å². The number of hydrogen-bond acceptors (Lipinski definition) is 3. The second-order valence-electron chi connectivity index (χ2n) is 4.33. The first kappa shape index (κ1) is 11.3. The van der Waals surface area contributed by atoms with Crippen molar-refractivity contribution < 1.29 is 9.47 Å². The minimum atomic E-state index is -0.296. The van der Waals surface area contributed by atoms with Crippen LogP contribution >= 0.6 is 0 Å². The van der Waals surface area contributed by atoms with Crippen molar-refractivity contribution in [2.75, 3.05) is 12.3 Å². The van der Waals surface area contributed by atoms with E-state index in [4.69, 9.17) is 15.2 Å². The molecule has 18 heavy (non-hydrogen) atoms. The summed E-state index contributed by atoms with van der Waals surface area (Å²) in [7, 11) is 0. The predicted molar refractivity (Wildman–Crippen MR) is 69.8 cm³/mol. The Kier molecular flexibility index (Phi) is 3.00. The maximum absolute atomic E-state index is 5.95. The highest BCUT2D eigenvalue weighted by atomic mass is 16.7. The molecule has 1 fully saturated rings. The molecular formula is C15H15NO2. The predicted octanol–water partition coefficient (Wildman–Crippen LogP) is 3.06. The largest absolute Gasteiger partial charge is 0.398 e. The van der Waals surface area contributed by atoms with E-state index < -0.39 is 0 Å². The van der Waals surface area contributed by atoms with Gasteiger partial charge in [0.25, 0.3) is 0 Å². The first-order chi connectivity index (χ1) is 8.84. The van der Waals surface area contributed by atoms with Crippen LogP contribution in [-0.4, -0.2) is 6.61 Å². The molecule has 2 N–H and O–H groups in total. The zero-order valence-electron chi connectivity index (χ0n) is 9.95. The van der Waals surface area contributed by atoms with E-state index in [-0.39, 0.29) is 12.4 Å². The summed E-state index contributed by atoms with van der Waals surface area (Å²) in [4.78, 5) is 0. The lowest BCUT2D eigenvalue weighted by Crippen LogP contribution is -2.04. The van der Waals surface area contributed by atoms with E-state index in [9.17, 15) is 0 Å². The van der Waals surface area contributed by atoms with E-state index in [0.29, 0.717) is 6.61 Å². The van der Waals surface area contributed by atoms with Gasteiger partial charge < -0.3 is 15.2 Å². The minimum absolute atomic E-state index is 0.0867. The van der Waals surface area contributed by atoms with E-state index >= 15 is 0 Å². The fraction of sp³-hybridized carbons (Fsp3) is 0.200. The van der Waals surface area contributed by atoms with Crippen molar-refractivity contribution in [2.24, 2.45) is 0 Å². The SMILES string of the molecule is Nc1ccccc1C1COC(c2ccccc2)O1. The fourth-order valence-corrected chi connectivity index (χ4v) is 2.15. The van der Waals surface area contributed by atoms with Crippen LogP contribution < -0.4 is 5.73 Å². The van der Waals surface area contributed by atoms with Gasteiger partial charge in [-0.3, -0.25) is 0 Å². The van der Waals surface area contributed by atoms with E-state index in [2.05, 4.69) is 0 Å². The molecule has 92 valence electrons. The Morgan fingerprint density at radius 2 is 1.67 bits per heavy atom. The maximum atomic E-state index is 5.95. The topological polar surface area (TPSA) is 44.5 Å². The third-order valence-corrected chi connectivity index (χ3v) is 3.10. The van der Waals surface area contributed by atoms with Crippen LogP contribution in [0.15, 0.2) is 54.6 Å². The Hall–Kier alpha value is -1.84. The second kappa shape index (κ2) is 4.80. The van der Waals surface area contributed by atoms with Gasteiger partial charge in [-0.05, 0) is 6.07 Å².